The van der Waals surface area contributed by atoms with Crippen molar-refractivity contribution in [2.45, 2.75) is 463 Å². The molecule has 0 rings (SSSR count). The average molecular weight is 1320 g/mol. The number of carboxylic acid groups (broad SMARTS) is 1. The highest BCUT2D eigenvalue weighted by atomic mass is 16.7. The highest BCUT2D eigenvalue weighted by Gasteiger charge is 2.25. The number of aliphatic carboxylic acids is 1. The Morgan fingerprint density at radius 2 is 0.548 bits per heavy atom. The van der Waals surface area contributed by atoms with E-state index in [4.69, 9.17) is 18.9 Å². The van der Waals surface area contributed by atoms with Gasteiger partial charge in [-0.1, -0.05) is 411 Å². The fourth-order valence-electron chi connectivity index (χ4n) is 13.1. The maximum Gasteiger partial charge on any atom is 0.361 e. The Morgan fingerprint density at radius 1 is 0.312 bits per heavy atom. The van der Waals surface area contributed by atoms with Crippen molar-refractivity contribution in [3.8, 4) is 0 Å². The van der Waals surface area contributed by atoms with Crippen LogP contribution in [0.15, 0.2) is 12.2 Å². The first kappa shape index (κ1) is 91.0. The minimum Gasteiger partial charge on any atom is -0.477 e. The third kappa shape index (κ3) is 77.3. The first-order valence-electron chi connectivity index (χ1n) is 41.9. The van der Waals surface area contributed by atoms with E-state index in [2.05, 4.69) is 26.0 Å². The number of allylic oxidation sites excluding steroid dienone is 2. The highest BCUT2D eigenvalue weighted by molar-refractivity contribution is 5.71. The summed E-state index contributed by atoms with van der Waals surface area (Å²) < 4.78 is 23.1. The lowest BCUT2D eigenvalue weighted by molar-refractivity contribution is -0.870. The van der Waals surface area contributed by atoms with Crippen LogP contribution < -0.4 is 0 Å². The van der Waals surface area contributed by atoms with Crippen LogP contribution in [0, 0.1) is 0 Å². The number of esters is 2. The standard InChI is InChI=1S/C84H163NO8/c1-6-8-10-12-14-16-18-20-22-24-26-28-30-32-34-36-38-40-41-43-45-47-49-51-53-55-57-59-61-63-65-67-69-71-73-75-82(87)93-80(79-92-84(83(88)89)90-77-76-85(3,4)5)78-91-81(86)74-72-70-68-66-64-62-60-58-56-54-52-50-48-46-44-42-39-37-35-33-31-29-27-25-23-21-19-17-15-13-11-9-7-2/h24,26,80,84H,6-23,25,27-79H2,1-5H3/p+1/b26-24-. The van der Waals surface area contributed by atoms with Crippen LogP contribution in [0.25, 0.3) is 0 Å². The third-order valence-corrected chi connectivity index (χ3v) is 19.5. The SMILES string of the molecule is CCCCCCCCCC/C=C\CCCCCCCCCCCCCCCCCCCCCCCCCC(=O)OC(COC(=O)CCCCCCCCCCCCCCCCCCCCCCCCCCCCCCCCCCC)COC(OCC[N+](C)(C)C)C(=O)O. The van der Waals surface area contributed by atoms with Crippen LogP contribution in [0.4, 0.5) is 0 Å². The molecule has 0 aromatic heterocycles. The van der Waals surface area contributed by atoms with Crippen molar-refractivity contribution < 1.29 is 42.9 Å². The molecule has 0 spiro atoms. The Balaban J connectivity index is 3.93. The molecule has 0 aliphatic heterocycles. The summed E-state index contributed by atoms with van der Waals surface area (Å²) in [6.45, 7) is 4.98. The van der Waals surface area contributed by atoms with Gasteiger partial charge in [0.05, 0.1) is 34.4 Å². The molecule has 1 N–H and O–H groups in total. The van der Waals surface area contributed by atoms with Crippen LogP contribution in [0.3, 0.4) is 0 Å². The van der Waals surface area contributed by atoms with E-state index < -0.39 is 18.4 Å². The van der Waals surface area contributed by atoms with E-state index in [1.807, 2.05) is 21.1 Å². The average Bonchev–Trinajstić information content (AvgIpc) is 3.74. The summed E-state index contributed by atoms with van der Waals surface area (Å²) >= 11 is 0. The molecule has 0 aromatic rings. The number of carboxylic acids is 1. The Labute approximate surface area is 580 Å². The second-order valence-electron chi connectivity index (χ2n) is 30.2. The van der Waals surface area contributed by atoms with E-state index >= 15 is 0 Å². The number of hydrogen-bond donors (Lipinski definition) is 1. The molecule has 0 amide bonds. The fourth-order valence-corrected chi connectivity index (χ4v) is 13.1. The Bertz CT molecular complexity index is 1530. The van der Waals surface area contributed by atoms with E-state index in [0.717, 1.165) is 38.5 Å². The second-order valence-corrected chi connectivity index (χ2v) is 30.2. The Hall–Kier alpha value is -1.97. The van der Waals surface area contributed by atoms with Gasteiger partial charge in [-0.2, -0.15) is 0 Å². The lowest BCUT2D eigenvalue weighted by atomic mass is 10.0. The molecule has 0 saturated carbocycles. The van der Waals surface area contributed by atoms with Crippen LogP contribution >= 0.6 is 0 Å². The topological polar surface area (TPSA) is 108 Å². The summed E-state index contributed by atoms with van der Waals surface area (Å²) in [7, 11) is 6.01. The Morgan fingerprint density at radius 3 is 0.796 bits per heavy atom. The first-order valence-corrected chi connectivity index (χ1v) is 41.9. The molecule has 9 heteroatoms. The van der Waals surface area contributed by atoms with Gasteiger partial charge in [-0.15, -0.1) is 0 Å². The molecule has 0 fully saturated rings. The molecule has 0 bridgehead atoms. The molecule has 0 radical (unpaired) electrons. The van der Waals surface area contributed by atoms with Crippen molar-refractivity contribution in [2.75, 3.05) is 47.5 Å². The number of likely N-dealkylation sites (N-methyl/N-ethyl adjacent to an activating group) is 1. The number of carbonyl (C=O) groups is 3. The summed E-state index contributed by atoms with van der Waals surface area (Å²) in [5, 5.41) is 9.78. The largest absolute Gasteiger partial charge is 0.477 e. The van der Waals surface area contributed by atoms with E-state index in [0.29, 0.717) is 17.4 Å². The van der Waals surface area contributed by atoms with Gasteiger partial charge in [0.25, 0.3) is 6.29 Å². The zero-order valence-electron chi connectivity index (χ0n) is 63.5. The van der Waals surface area contributed by atoms with Crippen molar-refractivity contribution in [2.24, 2.45) is 0 Å². The van der Waals surface area contributed by atoms with Gasteiger partial charge in [0.1, 0.15) is 13.2 Å². The zero-order valence-corrected chi connectivity index (χ0v) is 63.5. The normalized spacial score (nSPS) is 12.6. The summed E-state index contributed by atoms with van der Waals surface area (Å²) in [6, 6.07) is 0. The smallest absolute Gasteiger partial charge is 0.361 e. The second kappa shape index (κ2) is 75.8. The molecule has 0 heterocycles. The number of quaternary nitrogens is 1. The molecule has 0 aliphatic carbocycles. The number of rotatable bonds is 80. The molecular formula is C84H164NO8+. The lowest BCUT2D eigenvalue weighted by Gasteiger charge is -2.25. The van der Waals surface area contributed by atoms with Crippen molar-refractivity contribution in [1.82, 2.24) is 0 Å². The number of ether oxygens (including phenoxy) is 4. The maximum absolute atomic E-state index is 13.0. The van der Waals surface area contributed by atoms with Gasteiger partial charge in [-0.25, -0.2) is 4.79 Å². The molecule has 93 heavy (non-hydrogen) atoms. The molecule has 0 aliphatic rings. The molecule has 2 atom stereocenters. The van der Waals surface area contributed by atoms with Gasteiger partial charge in [-0.05, 0) is 38.5 Å². The van der Waals surface area contributed by atoms with Gasteiger partial charge in [-0.3, -0.25) is 9.59 Å². The van der Waals surface area contributed by atoms with Crippen LogP contribution in [0.2, 0.25) is 0 Å². The van der Waals surface area contributed by atoms with E-state index in [-0.39, 0.29) is 38.2 Å². The van der Waals surface area contributed by atoms with E-state index in [9.17, 15) is 19.5 Å². The van der Waals surface area contributed by atoms with Gasteiger partial charge < -0.3 is 28.5 Å². The van der Waals surface area contributed by atoms with Crippen LogP contribution in [0.1, 0.15) is 450 Å². The van der Waals surface area contributed by atoms with Gasteiger partial charge >= 0.3 is 17.9 Å². The maximum atomic E-state index is 13.0. The van der Waals surface area contributed by atoms with Crippen LogP contribution in [0.5, 0.6) is 0 Å². The minimum atomic E-state index is -1.51. The lowest BCUT2D eigenvalue weighted by Crippen LogP contribution is -2.40. The monoisotopic (exact) mass is 1320 g/mol. The number of unbranched alkanes of at least 4 members (excludes halogenated alkanes) is 63. The first-order chi connectivity index (χ1) is 45.6. The minimum absolute atomic E-state index is 0.173. The predicted octanol–water partition coefficient (Wildman–Crippen LogP) is 26.7. The van der Waals surface area contributed by atoms with Crippen molar-refractivity contribution in [3.05, 3.63) is 12.2 Å². The summed E-state index contributed by atoms with van der Waals surface area (Å²) in [5.41, 5.74) is 0. The summed E-state index contributed by atoms with van der Waals surface area (Å²) in [6.07, 6.45) is 92.5. The number of carbonyl (C=O) groups excluding carboxylic acids is 2. The van der Waals surface area contributed by atoms with Gasteiger partial charge in [0.2, 0.25) is 0 Å². The molecule has 552 valence electrons. The van der Waals surface area contributed by atoms with Crippen molar-refractivity contribution >= 4 is 17.9 Å². The molecule has 9 nitrogen and oxygen atoms in total. The number of hydrogen-bond acceptors (Lipinski definition) is 7. The fraction of sp³-hybridized carbons (Fsp3) is 0.940. The van der Waals surface area contributed by atoms with E-state index in [1.165, 1.54) is 385 Å². The van der Waals surface area contributed by atoms with E-state index in [1.54, 1.807) is 0 Å². The molecule has 0 saturated heterocycles. The summed E-state index contributed by atoms with van der Waals surface area (Å²) in [4.78, 5) is 37.8. The van der Waals surface area contributed by atoms with Crippen LogP contribution in [-0.4, -0.2) is 87.4 Å². The third-order valence-electron chi connectivity index (χ3n) is 19.5. The number of nitrogens with zero attached hydrogens (tertiary/aromatic N) is 1. The predicted molar refractivity (Wildman–Crippen MR) is 402 cm³/mol. The zero-order chi connectivity index (χ0) is 67.5. The quantitative estimate of drug-likeness (QED) is 0.0211. The van der Waals surface area contributed by atoms with Crippen LogP contribution in [-0.2, 0) is 33.3 Å². The molecular weight excluding hydrogens is 1150 g/mol. The summed E-state index contributed by atoms with van der Waals surface area (Å²) in [5.74, 6) is -1.96. The highest BCUT2D eigenvalue weighted by Crippen LogP contribution is 2.21. The van der Waals surface area contributed by atoms with Gasteiger partial charge in [0.15, 0.2) is 6.10 Å². The Kier molecular flexibility index (Phi) is 74.2. The molecule has 0 aromatic carbocycles. The van der Waals surface area contributed by atoms with Gasteiger partial charge in [0, 0.05) is 12.8 Å². The van der Waals surface area contributed by atoms with Crippen molar-refractivity contribution in [1.29, 1.82) is 0 Å². The van der Waals surface area contributed by atoms with Crippen molar-refractivity contribution in [3.63, 3.8) is 0 Å². The molecule has 2 unspecified atom stereocenters.